The highest BCUT2D eigenvalue weighted by molar-refractivity contribution is 6.17. The van der Waals surface area contributed by atoms with Crippen LogP contribution in [0.15, 0.2) is 54.6 Å². The van der Waals surface area contributed by atoms with Crippen molar-refractivity contribution in [2.45, 2.75) is 12.8 Å². The zero-order valence-electron chi connectivity index (χ0n) is 14.7. The Morgan fingerprint density at radius 2 is 1.38 bits per heavy atom. The monoisotopic (exact) mass is 370 g/mol. The van der Waals surface area contributed by atoms with Crippen molar-refractivity contribution < 1.29 is 9.59 Å². The second-order valence-electron chi connectivity index (χ2n) is 6.41. The minimum Gasteiger partial charge on any atom is -0.339 e. The predicted molar refractivity (Wildman–Crippen MR) is 104 cm³/mol. The molecule has 1 saturated heterocycles. The summed E-state index contributed by atoms with van der Waals surface area (Å²) in [4.78, 5) is 28.4. The predicted octanol–water partition coefficient (Wildman–Crippen LogP) is 3.66. The first-order valence-electron chi connectivity index (χ1n) is 8.97. The van der Waals surface area contributed by atoms with Gasteiger partial charge in [0, 0.05) is 44.0 Å². The van der Waals surface area contributed by atoms with Gasteiger partial charge in [-0.05, 0) is 29.7 Å². The Balaban J connectivity index is 1.58. The highest BCUT2D eigenvalue weighted by Gasteiger charge is 2.24. The van der Waals surface area contributed by atoms with Crippen molar-refractivity contribution in [3.63, 3.8) is 0 Å². The number of nitrogens with zero attached hydrogens (tertiary/aromatic N) is 2. The average molecular weight is 371 g/mol. The summed E-state index contributed by atoms with van der Waals surface area (Å²) in [7, 11) is 0. The first-order chi connectivity index (χ1) is 12.7. The molecule has 26 heavy (non-hydrogen) atoms. The van der Waals surface area contributed by atoms with Gasteiger partial charge in [0.2, 0.25) is 5.91 Å². The van der Waals surface area contributed by atoms with Crippen LogP contribution in [0.2, 0.25) is 0 Å². The van der Waals surface area contributed by atoms with Crippen LogP contribution < -0.4 is 0 Å². The molecule has 5 heteroatoms. The molecule has 2 aromatic rings. The van der Waals surface area contributed by atoms with Gasteiger partial charge >= 0.3 is 0 Å². The molecule has 0 aliphatic carbocycles. The molecule has 1 fully saturated rings. The van der Waals surface area contributed by atoms with Crippen molar-refractivity contribution in [2.75, 3.05) is 32.1 Å². The van der Waals surface area contributed by atoms with E-state index in [2.05, 4.69) is 12.1 Å². The minimum atomic E-state index is 0.0254. The molecule has 1 aliphatic rings. The second-order valence-corrected chi connectivity index (χ2v) is 6.79. The van der Waals surface area contributed by atoms with Crippen LogP contribution in [0.25, 0.3) is 11.1 Å². The SMILES string of the molecule is O=C(CCCCl)N1CCN(C(=O)c2ccc(-c3ccccc3)cc2)CC1. The van der Waals surface area contributed by atoms with Gasteiger partial charge in [0.15, 0.2) is 0 Å². The third-order valence-corrected chi connectivity index (χ3v) is 4.95. The van der Waals surface area contributed by atoms with E-state index in [1.54, 1.807) is 0 Å². The molecule has 1 aliphatic heterocycles. The van der Waals surface area contributed by atoms with Crippen LogP contribution in [0.4, 0.5) is 0 Å². The fraction of sp³-hybridized carbons (Fsp3) is 0.333. The third kappa shape index (κ3) is 4.44. The normalized spacial score (nSPS) is 14.3. The number of alkyl halides is 1. The standard InChI is InChI=1S/C21H23ClN2O2/c22-12-4-7-20(25)23-13-15-24(16-14-23)21(26)19-10-8-18(9-11-19)17-5-2-1-3-6-17/h1-3,5-6,8-11H,4,7,12-16H2. The van der Waals surface area contributed by atoms with E-state index in [9.17, 15) is 9.59 Å². The molecule has 0 N–H and O–H groups in total. The second kappa shape index (κ2) is 8.86. The average Bonchev–Trinajstić information content (AvgIpc) is 2.72. The minimum absolute atomic E-state index is 0.0254. The summed E-state index contributed by atoms with van der Waals surface area (Å²) in [6.07, 6.45) is 1.19. The van der Waals surface area contributed by atoms with Gasteiger partial charge in [-0.25, -0.2) is 0 Å². The Labute approximate surface area is 159 Å². The van der Waals surface area contributed by atoms with Crippen molar-refractivity contribution >= 4 is 23.4 Å². The molecule has 4 nitrogen and oxygen atoms in total. The van der Waals surface area contributed by atoms with Crippen molar-refractivity contribution in [3.8, 4) is 11.1 Å². The Morgan fingerprint density at radius 1 is 0.808 bits per heavy atom. The summed E-state index contributed by atoms with van der Waals surface area (Å²) < 4.78 is 0. The molecule has 2 amide bonds. The lowest BCUT2D eigenvalue weighted by Gasteiger charge is -2.35. The van der Waals surface area contributed by atoms with E-state index in [4.69, 9.17) is 11.6 Å². The number of piperazine rings is 1. The molecule has 1 heterocycles. The van der Waals surface area contributed by atoms with Gasteiger partial charge in [-0.15, -0.1) is 11.6 Å². The molecule has 3 rings (SSSR count). The quantitative estimate of drug-likeness (QED) is 0.754. The third-order valence-electron chi connectivity index (χ3n) is 4.68. The van der Waals surface area contributed by atoms with Crippen LogP contribution in [-0.4, -0.2) is 53.7 Å². The molecular weight excluding hydrogens is 348 g/mol. The lowest BCUT2D eigenvalue weighted by atomic mass is 10.0. The molecule has 0 radical (unpaired) electrons. The van der Waals surface area contributed by atoms with E-state index in [0.717, 1.165) is 11.1 Å². The largest absolute Gasteiger partial charge is 0.339 e. The first-order valence-corrected chi connectivity index (χ1v) is 9.51. The topological polar surface area (TPSA) is 40.6 Å². The lowest BCUT2D eigenvalue weighted by molar-refractivity contribution is -0.132. The Kier molecular flexibility index (Phi) is 6.29. The lowest BCUT2D eigenvalue weighted by Crippen LogP contribution is -2.50. The molecule has 136 valence electrons. The van der Waals surface area contributed by atoms with Gasteiger partial charge in [0.05, 0.1) is 0 Å². The molecule has 2 aromatic carbocycles. The summed E-state index contributed by atoms with van der Waals surface area (Å²) in [6.45, 7) is 2.34. The van der Waals surface area contributed by atoms with Crippen LogP contribution in [-0.2, 0) is 4.79 Å². The fourth-order valence-corrected chi connectivity index (χ4v) is 3.29. The Hall–Kier alpha value is -2.33. The summed E-state index contributed by atoms with van der Waals surface area (Å²) in [5, 5.41) is 0. The number of carbonyl (C=O) groups is 2. The molecule has 0 aromatic heterocycles. The number of rotatable bonds is 5. The highest BCUT2D eigenvalue weighted by atomic mass is 35.5. The van der Waals surface area contributed by atoms with Crippen molar-refractivity contribution in [1.82, 2.24) is 9.80 Å². The van der Waals surface area contributed by atoms with E-state index in [1.165, 1.54) is 0 Å². The molecule has 0 bridgehead atoms. The molecule has 0 spiro atoms. The smallest absolute Gasteiger partial charge is 0.253 e. The highest BCUT2D eigenvalue weighted by Crippen LogP contribution is 2.20. The maximum absolute atomic E-state index is 12.7. The van der Waals surface area contributed by atoms with Crippen LogP contribution >= 0.6 is 11.6 Å². The van der Waals surface area contributed by atoms with Crippen LogP contribution in [0, 0.1) is 0 Å². The number of amides is 2. The van der Waals surface area contributed by atoms with Crippen LogP contribution in [0.1, 0.15) is 23.2 Å². The number of halogens is 1. The van der Waals surface area contributed by atoms with E-state index in [-0.39, 0.29) is 11.8 Å². The number of carbonyl (C=O) groups excluding carboxylic acids is 2. The van der Waals surface area contributed by atoms with Crippen molar-refractivity contribution in [1.29, 1.82) is 0 Å². The summed E-state index contributed by atoms with van der Waals surface area (Å²) >= 11 is 5.64. The zero-order chi connectivity index (χ0) is 18.4. The number of benzene rings is 2. The summed E-state index contributed by atoms with van der Waals surface area (Å²) in [5.41, 5.74) is 2.92. The van der Waals surface area contributed by atoms with Crippen LogP contribution in [0.5, 0.6) is 0 Å². The maximum atomic E-state index is 12.7. The van der Waals surface area contributed by atoms with Crippen molar-refractivity contribution in [3.05, 3.63) is 60.2 Å². The number of hydrogen-bond acceptors (Lipinski definition) is 2. The maximum Gasteiger partial charge on any atom is 0.253 e. The molecular formula is C21H23ClN2O2. The van der Waals surface area contributed by atoms with E-state index in [0.29, 0.717) is 50.5 Å². The van der Waals surface area contributed by atoms with E-state index >= 15 is 0 Å². The van der Waals surface area contributed by atoms with Gasteiger partial charge < -0.3 is 9.80 Å². The van der Waals surface area contributed by atoms with E-state index in [1.807, 2.05) is 52.3 Å². The Morgan fingerprint density at radius 3 is 2.00 bits per heavy atom. The Bertz CT molecular complexity index is 738. The van der Waals surface area contributed by atoms with Crippen LogP contribution in [0.3, 0.4) is 0 Å². The molecule has 0 atom stereocenters. The van der Waals surface area contributed by atoms with Gasteiger partial charge in [-0.2, -0.15) is 0 Å². The molecule has 0 saturated carbocycles. The van der Waals surface area contributed by atoms with E-state index < -0.39 is 0 Å². The molecule has 0 unspecified atom stereocenters. The summed E-state index contributed by atoms with van der Waals surface area (Å²) in [6, 6.07) is 17.8. The number of hydrogen-bond donors (Lipinski definition) is 0. The van der Waals surface area contributed by atoms with Gasteiger partial charge in [-0.3, -0.25) is 9.59 Å². The fourth-order valence-electron chi connectivity index (χ4n) is 3.15. The van der Waals surface area contributed by atoms with Crippen molar-refractivity contribution in [2.24, 2.45) is 0 Å². The first kappa shape index (κ1) is 18.5. The van der Waals surface area contributed by atoms with Gasteiger partial charge in [-0.1, -0.05) is 42.5 Å². The van der Waals surface area contributed by atoms with Gasteiger partial charge in [0.1, 0.15) is 0 Å². The summed E-state index contributed by atoms with van der Waals surface area (Å²) in [5.74, 6) is 0.658. The van der Waals surface area contributed by atoms with Gasteiger partial charge in [0.25, 0.3) is 5.91 Å². The zero-order valence-corrected chi connectivity index (χ0v) is 15.5.